The second-order valence-electron chi connectivity index (χ2n) is 5.49. The standard InChI is InChI=1S/C16H22N6/c1-2-17-16(19-11-13-4-5-13)20-12-14-6-8-18-15(10-14)22-9-3-7-21-22/h3,6-10,13H,2,4-5,11-12H2,1H3,(H2,17,19,20). The Morgan fingerprint density at radius 1 is 1.36 bits per heavy atom. The van der Waals surface area contributed by atoms with Crippen molar-refractivity contribution >= 4 is 5.96 Å². The van der Waals surface area contributed by atoms with E-state index in [9.17, 15) is 0 Å². The Morgan fingerprint density at radius 2 is 2.27 bits per heavy atom. The Kier molecular flexibility index (Phi) is 4.68. The summed E-state index contributed by atoms with van der Waals surface area (Å²) in [5, 5.41) is 10.9. The summed E-state index contributed by atoms with van der Waals surface area (Å²) in [5.41, 5.74) is 1.11. The smallest absolute Gasteiger partial charge is 0.191 e. The lowest BCUT2D eigenvalue weighted by molar-refractivity contribution is 0.739. The Bertz CT molecular complexity index is 615. The van der Waals surface area contributed by atoms with Gasteiger partial charge in [0.1, 0.15) is 0 Å². The molecular formula is C16H22N6. The Balaban J connectivity index is 1.65. The molecule has 6 heteroatoms. The summed E-state index contributed by atoms with van der Waals surface area (Å²) >= 11 is 0. The molecule has 0 spiro atoms. The van der Waals surface area contributed by atoms with Crippen LogP contribution in [0.15, 0.2) is 41.8 Å². The third-order valence-corrected chi connectivity index (χ3v) is 3.57. The van der Waals surface area contributed by atoms with E-state index in [1.54, 1.807) is 17.1 Å². The maximum absolute atomic E-state index is 4.64. The fourth-order valence-electron chi connectivity index (χ4n) is 2.16. The normalized spacial score (nSPS) is 14.9. The first-order valence-corrected chi connectivity index (χ1v) is 7.82. The monoisotopic (exact) mass is 298 g/mol. The summed E-state index contributed by atoms with van der Waals surface area (Å²) in [6.07, 6.45) is 8.11. The fourth-order valence-corrected chi connectivity index (χ4v) is 2.16. The van der Waals surface area contributed by atoms with E-state index in [4.69, 9.17) is 0 Å². The van der Waals surface area contributed by atoms with E-state index in [0.29, 0.717) is 6.54 Å². The quantitative estimate of drug-likeness (QED) is 0.629. The van der Waals surface area contributed by atoms with Crippen LogP contribution in [0.25, 0.3) is 5.82 Å². The number of nitrogens with zero attached hydrogens (tertiary/aromatic N) is 4. The van der Waals surface area contributed by atoms with E-state index in [1.807, 2.05) is 24.4 Å². The van der Waals surface area contributed by atoms with Crippen molar-refractivity contribution in [1.29, 1.82) is 0 Å². The number of aliphatic imine (C=N–C) groups is 1. The molecule has 2 aromatic rings. The maximum Gasteiger partial charge on any atom is 0.191 e. The van der Waals surface area contributed by atoms with Gasteiger partial charge < -0.3 is 10.6 Å². The molecule has 0 unspecified atom stereocenters. The fraction of sp³-hybridized carbons (Fsp3) is 0.438. The highest BCUT2D eigenvalue weighted by Crippen LogP contribution is 2.27. The van der Waals surface area contributed by atoms with Gasteiger partial charge in [0.05, 0.1) is 6.54 Å². The first-order valence-electron chi connectivity index (χ1n) is 7.82. The molecule has 0 amide bonds. The van der Waals surface area contributed by atoms with Crippen molar-refractivity contribution in [2.45, 2.75) is 26.3 Å². The Labute approximate surface area is 130 Å². The second-order valence-corrected chi connectivity index (χ2v) is 5.49. The van der Waals surface area contributed by atoms with Crippen LogP contribution >= 0.6 is 0 Å². The van der Waals surface area contributed by atoms with Crippen LogP contribution < -0.4 is 10.6 Å². The lowest BCUT2D eigenvalue weighted by Gasteiger charge is -2.10. The molecule has 0 bridgehead atoms. The summed E-state index contributed by atoms with van der Waals surface area (Å²) in [7, 11) is 0. The molecular weight excluding hydrogens is 276 g/mol. The number of pyridine rings is 1. The third-order valence-electron chi connectivity index (χ3n) is 3.57. The molecule has 6 nitrogen and oxygen atoms in total. The van der Waals surface area contributed by atoms with E-state index in [1.165, 1.54) is 12.8 Å². The van der Waals surface area contributed by atoms with E-state index in [-0.39, 0.29) is 0 Å². The van der Waals surface area contributed by atoms with Gasteiger partial charge in [-0.15, -0.1) is 0 Å². The molecule has 2 N–H and O–H groups in total. The van der Waals surface area contributed by atoms with Crippen molar-refractivity contribution in [3.05, 3.63) is 42.4 Å². The molecule has 22 heavy (non-hydrogen) atoms. The van der Waals surface area contributed by atoms with Crippen molar-refractivity contribution in [2.24, 2.45) is 10.9 Å². The van der Waals surface area contributed by atoms with Crippen LogP contribution in [0.4, 0.5) is 0 Å². The lowest BCUT2D eigenvalue weighted by atomic mass is 10.2. The number of nitrogens with one attached hydrogen (secondary N) is 2. The summed E-state index contributed by atoms with van der Waals surface area (Å²) in [4.78, 5) is 8.98. The predicted octanol–water partition coefficient (Wildman–Crippen LogP) is 1.73. The number of hydrogen-bond acceptors (Lipinski definition) is 3. The Morgan fingerprint density at radius 3 is 3.00 bits per heavy atom. The van der Waals surface area contributed by atoms with Gasteiger partial charge in [0.15, 0.2) is 11.8 Å². The molecule has 2 heterocycles. The summed E-state index contributed by atoms with van der Waals surface area (Å²) < 4.78 is 1.75. The van der Waals surface area contributed by atoms with E-state index in [0.717, 1.165) is 36.3 Å². The van der Waals surface area contributed by atoms with Crippen LogP contribution in [0.2, 0.25) is 0 Å². The molecule has 0 aromatic carbocycles. The van der Waals surface area contributed by atoms with Crippen molar-refractivity contribution in [3.63, 3.8) is 0 Å². The molecule has 1 saturated carbocycles. The minimum Gasteiger partial charge on any atom is -0.357 e. The molecule has 116 valence electrons. The number of guanidine groups is 1. The van der Waals surface area contributed by atoms with E-state index < -0.39 is 0 Å². The van der Waals surface area contributed by atoms with Crippen molar-refractivity contribution in [3.8, 4) is 5.82 Å². The third kappa shape index (κ3) is 4.07. The van der Waals surface area contributed by atoms with Gasteiger partial charge in [-0.3, -0.25) is 0 Å². The topological polar surface area (TPSA) is 67.1 Å². The number of rotatable bonds is 6. The van der Waals surface area contributed by atoms with E-state index >= 15 is 0 Å². The molecule has 1 fully saturated rings. The van der Waals surface area contributed by atoms with Gasteiger partial charge >= 0.3 is 0 Å². The van der Waals surface area contributed by atoms with Crippen LogP contribution in [0.1, 0.15) is 25.3 Å². The van der Waals surface area contributed by atoms with Gasteiger partial charge in [0.25, 0.3) is 0 Å². The maximum atomic E-state index is 4.64. The van der Waals surface area contributed by atoms with Crippen molar-refractivity contribution in [2.75, 3.05) is 13.1 Å². The molecule has 2 aromatic heterocycles. The van der Waals surface area contributed by atoms with Crippen LogP contribution in [-0.2, 0) is 6.54 Å². The van der Waals surface area contributed by atoms with Gasteiger partial charge in [-0.25, -0.2) is 14.7 Å². The SMILES string of the molecule is CCNC(=NCc1ccnc(-n2cccn2)c1)NCC1CC1. The minimum atomic E-state index is 0.622. The molecule has 0 atom stereocenters. The summed E-state index contributed by atoms with van der Waals surface area (Å²) in [6, 6.07) is 5.89. The zero-order chi connectivity index (χ0) is 15.2. The second kappa shape index (κ2) is 7.06. The van der Waals surface area contributed by atoms with Gasteiger partial charge in [0.2, 0.25) is 0 Å². The van der Waals surface area contributed by atoms with Gasteiger partial charge in [-0.1, -0.05) is 0 Å². The van der Waals surface area contributed by atoms with Crippen LogP contribution in [0, 0.1) is 5.92 Å². The first-order chi connectivity index (χ1) is 10.8. The zero-order valence-electron chi connectivity index (χ0n) is 12.9. The average Bonchev–Trinajstić information content (AvgIpc) is 3.21. The molecule has 1 aliphatic rings. The molecule has 0 saturated heterocycles. The summed E-state index contributed by atoms with van der Waals surface area (Å²) in [5.74, 6) is 2.52. The minimum absolute atomic E-state index is 0.622. The molecule has 0 radical (unpaired) electrons. The number of hydrogen-bond donors (Lipinski definition) is 2. The molecule has 1 aliphatic carbocycles. The molecule has 0 aliphatic heterocycles. The highest BCUT2D eigenvalue weighted by Gasteiger charge is 2.20. The zero-order valence-corrected chi connectivity index (χ0v) is 12.9. The largest absolute Gasteiger partial charge is 0.357 e. The molecule has 3 rings (SSSR count). The Hall–Kier alpha value is -2.37. The van der Waals surface area contributed by atoms with Crippen LogP contribution in [0.3, 0.4) is 0 Å². The predicted molar refractivity (Wildman–Crippen MR) is 86.9 cm³/mol. The van der Waals surface area contributed by atoms with Crippen LogP contribution in [-0.4, -0.2) is 33.8 Å². The first kappa shape index (κ1) is 14.6. The summed E-state index contributed by atoms with van der Waals surface area (Å²) in [6.45, 7) is 4.58. The van der Waals surface area contributed by atoms with Crippen LogP contribution in [0.5, 0.6) is 0 Å². The highest BCUT2D eigenvalue weighted by molar-refractivity contribution is 5.79. The lowest BCUT2D eigenvalue weighted by Crippen LogP contribution is -2.38. The van der Waals surface area contributed by atoms with Gasteiger partial charge in [-0.2, -0.15) is 5.10 Å². The number of aromatic nitrogens is 3. The van der Waals surface area contributed by atoms with Crippen molar-refractivity contribution < 1.29 is 0 Å². The van der Waals surface area contributed by atoms with Gasteiger partial charge in [-0.05, 0) is 49.4 Å². The van der Waals surface area contributed by atoms with Gasteiger partial charge in [0, 0.05) is 31.7 Å². The van der Waals surface area contributed by atoms with Crippen molar-refractivity contribution in [1.82, 2.24) is 25.4 Å². The highest BCUT2D eigenvalue weighted by atomic mass is 15.3. The van der Waals surface area contributed by atoms with E-state index in [2.05, 4.69) is 32.6 Å². The average molecular weight is 298 g/mol.